The average Bonchev–Trinajstić information content (AvgIpc) is 2.25. The highest BCUT2D eigenvalue weighted by Gasteiger charge is 2.33. The first-order valence-electron chi connectivity index (χ1n) is 6.55. The number of rotatable bonds is 8. The normalized spacial score (nSPS) is 15.2. The van der Waals surface area contributed by atoms with Crippen molar-refractivity contribution in [3.05, 3.63) is 0 Å². The molecule has 0 aromatic carbocycles. The summed E-state index contributed by atoms with van der Waals surface area (Å²) in [5.74, 6) is 0.322. The Bertz CT molecular complexity index is 234. The summed E-state index contributed by atoms with van der Waals surface area (Å²) in [4.78, 5) is 19.3. The van der Waals surface area contributed by atoms with Gasteiger partial charge in [0.2, 0.25) is 0 Å². The highest BCUT2D eigenvalue weighted by molar-refractivity contribution is 5.55. The Labute approximate surface area is 109 Å². The predicted molar refractivity (Wildman–Crippen MR) is 67.8 cm³/mol. The maximum absolute atomic E-state index is 10.2. The monoisotopic (exact) mass is 262 g/mol. The Morgan fingerprint density at radius 2 is 1.89 bits per heavy atom. The van der Waals surface area contributed by atoms with Crippen LogP contribution in [0, 0.1) is 11.3 Å². The van der Waals surface area contributed by atoms with Crippen molar-refractivity contribution in [1.82, 2.24) is 0 Å². The fourth-order valence-electron chi connectivity index (χ4n) is 2.06. The molecular formula is C13H26O5. The van der Waals surface area contributed by atoms with Gasteiger partial charge in [-0.3, -0.25) is 0 Å². The molecule has 0 radical (unpaired) electrons. The first-order valence-corrected chi connectivity index (χ1v) is 6.55. The van der Waals surface area contributed by atoms with Crippen LogP contribution < -0.4 is 0 Å². The van der Waals surface area contributed by atoms with E-state index >= 15 is 0 Å². The summed E-state index contributed by atoms with van der Waals surface area (Å²) in [6, 6.07) is 0. The lowest BCUT2D eigenvalue weighted by Gasteiger charge is -2.34. The van der Waals surface area contributed by atoms with E-state index in [4.69, 9.17) is 9.99 Å². The molecule has 0 aromatic rings. The third-order valence-electron chi connectivity index (χ3n) is 2.98. The van der Waals surface area contributed by atoms with Crippen LogP contribution in [0.15, 0.2) is 0 Å². The average molecular weight is 262 g/mol. The molecule has 0 saturated heterocycles. The number of hydrogen-bond donors (Lipinski definition) is 1. The molecular weight excluding hydrogens is 236 g/mol. The molecule has 1 N–H and O–H groups in total. The summed E-state index contributed by atoms with van der Waals surface area (Å²) in [6.45, 7) is 10.4. The first kappa shape index (κ1) is 17.2. The number of unbranched alkanes of at least 4 members (excludes halogenated alkanes) is 1. The van der Waals surface area contributed by atoms with Gasteiger partial charge >= 0.3 is 6.16 Å². The second kappa shape index (κ2) is 8.32. The van der Waals surface area contributed by atoms with Gasteiger partial charge in [0.15, 0.2) is 0 Å². The summed E-state index contributed by atoms with van der Waals surface area (Å²) in [5, 5.41) is 12.7. The Hall–Kier alpha value is -0.810. The number of hydrogen-bond acceptors (Lipinski definition) is 4. The van der Waals surface area contributed by atoms with Gasteiger partial charge in [-0.2, -0.15) is 4.89 Å². The van der Waals surface area contributed by atoms with Crippen molar-refractivity contribution < 1.29 is 24.7 Å². The highest BCUT2D eigenvalue weighted by Crippen LogP contribution is 2.33. The minimum absolute atomic E-state index is 0.143. The lowest BCUT2D eigenvalue weighted by Crippen LogP contribution is -2.36. The van der Waals surface area contributed by atoms with Crippen LogP contribution in [0.1, 0.15) is 60.3 Å². The van der Waals surface area contributed by atoms with Gasteiger partial charge in [0.05, 0.1) is 0 Å². The molecule has 0 bridgehead atoms. The second-order valence-corrected chi connectivity index (χ2v) is 5.61. The third kappa shape index (κ3) is 6.81. The quantitative estimate of drug-likeness (QED) is 0.525. The Balaban J connectivity index is 4.49. The summed E-state index contributed by atoms with van der Waals surface area (Å²) in [7, 11) is 0. The van der Waals surface area contributed by atoms with Crippen LogP contribution in [0.25, 0.3) is 0 Å². The maximum Gasteiger partial charge on any atom is 0.540 e. The van der Waals surface area contributed by atoms with Crippen molar-refractivity contribution >= 4 is 6.16 Å². The van der Waals surface area contributed by atoms with Crippen LogP contribution in [0.2, 0.25) is 0 Å². The summed E-state index contributed by atoms with van der Waals surface area (Å²) in [6.07, 6.45) is 2.52. The molecule has 2 atom stereocenters. The van der Waals surface area contributed by atoms with Crippen LogP contribution >= 0.6 is 0 Å². The third-order valence-corrected chi connectivity index (χ3v) is 2.98. The summed E-state index contributed by atoms with van der Waals surface area (Å²) in [5.41, 5.74) is -0.143. The maximum atomic E-state index is 10.2. The van der Waals surface area contributed by atoms with Gasteiger partial charge in [-0.1, -0.05) is 53.9 Å². The van der Waals surface area contributed by atoms with E-state index in [0.717, 1.165) is 25.7 Å². The van der Waals surface area contributed by atoms with E-state index in [1.807, 2.05) is 20.8 Å². The topological polar surface area (TPSA) is 65.0 Å². The van der Waals surface area contributed by atoms with E-state index in [-0.39, 0.29) is 11.5 Å². The molecule has 108 valence electrons. The largest absolute Gasteiger partial charge is 0.540 e. The van der Waals surface area contributed by atoms with Gasteiger partial charge in [-0.25, -0.2) is 9.68 Å². The molecule has 5 heteroatoms. The molecule has 0 amide bonds. The standard InChI is InChI=1S/C13H26O5/c1-6-8-9-10(7-2)11(13(3,4)5)16-18-17-12(14)15/h10-11H,6-9H2,1-5H3,(H,14,15). The van der Waals surface area contributed by atoms with Crippen molar-refractivity contribution in [3.63, 3.8) is 0 Å². The van der Waals surface area contributed by atoms with E-state index < -0.39 is 6.16 Å². The zero-order valence-electron chi connectivity index (χ0n) is 12.1. The van der Waals surface area contributed by atoms with Crippen LogP contribution in [-0.4, -0.2) is 17.4 Å². The lowest BCUT2D eigenvalue weighted by molar-refractivity contribution is -0.512. The van der Waals surface area contributed by atoms with Gasteiger partial charge in [0, 0.05) is 0 Å². The molecule has 0 aliphatic rings. The molecule has 0 aliphatic heterocycles. The Morgan fingerprint density at radius 3 is 2.28 bits per heavy atom. The first-order chi connectivity index (χ1) is 8.32. The van der Waals surface area contributed by atoms with Crippen molar-refractivity contribution in [2.45, 2.75) is 66.4 Å². The van der Waals surface area contributed by atoms with Crippen molar-refractivity contribution in [2.75, 3.05) is 0 Å². The molecule has 0 aliphatic carbocycles. The SMILES string of the molecule is CCCCC(CC)C(OOOC(=O)O)C(C)(C)C. The minimum Gasteiger partial charge on any atom is -0.448 e. The molecule has 2 unspecified atom stereocenters. The van der Waals surface area contributed by atoms with E-state index in [0.29, 0.717) is 5.92 Å². The molecule has 0 saturated carbocycles. The predicted octanol–water partition coefficient (Wildman–Crippen LogP) is 4.18. The van der Waals surface area contributed by atoms with Gasteiger partial charge < -0.3 is 5.11 Å². The molecule has 0 heterocycles. The van der Waals surface area contributed by atoms with Crippen LogP contribution in [0.4, 0.5) is 4.79 Å². The van der Waals surface area contributed by atoms with E-state index in [9.17, 15) is 4.79 Å². The van der Waals surface area contributed by atoms with Crippen LogP contribution in [0.5, 0.6) is 0 Å². The molecule has 0 aromatic heterocycles. The summed E-state index contributed by atoms with van der Waals surface area (Å²) < 4.78 is 0. The Morgan fingerprint density at radius 1 is 1.28 bits per heavy atom. The zero-order valence-corrected chi connectivity index (χ0v) is 12.1. The van der Waals surface area contributed by atoms with Crippen molar-refractivity contribution in [3.8, 4) is 0 Å². The molecule has 0 rings (SSSR count). The second-order valence-electron chi connectivity index (χ2n) is 5.61. The van der Waals surface area contributed by atoms with Gasteiger partial charge in [0.25, 0.3) is 0 Å². The van der Waals surface area contributed by atoms with Crippen molar-refractivity contribution in [1.29, 1.82) is 0 Å². The highest BCUT2D eigenvalue weighted by atomic mass is 17.5. The van der Waals surface area contributed by atoms with Gasteiger partial charge in [-0.15, -0.1) is 0 Å². The van der Waals surface area contributed by atoms with E-state index in [2.05, 4.69) is 23.8 Å². The van der Waals surface area contributed by atoms with Gasteiger partial charge in [0.1, 0.15) is 6.10 Å². The number of carboxylic acid groups (broad SMARTS) is 1. The molecule has 0 spiro atoms. The van der Waals surface area contributed by atoms with Crippen LogP contribution in [0.3, 0.4) is 0 Å². The van der Waals surface area contributed by atoms with E-state index in [1.165, 1.54) is 0 Å². The molecule has 5 nitrogen and oxygen atoms in total. The van der Waals surface area contributed by atoms with Crippen LogP contribution in [-0.2, 0) is 14.8 Å². The zero-order chi connectivity index (χ0) is 14.2. The summed E-state index contributed by atoms with van der Waals surface area (Å²) >= 11 is 0. The minimum atomic E-state index is -1.51. The smallest absolute Gasteiger partial charge is 0.448 e. The molecule has 0 fully saturated rings. The van der Waals surface area contributed by atoms with E-state index in [1.54, 1.807) is 0 Å². The molecule has 18 heavy (non-hydrogen) atoms. The van der Waals surface area contributed by atoms with Gasteiger partial charge in [-0.05, 0) is 22.8 Å². The lowest BCUT2D eigenvalue weighted by atomic mass is 9.78. The fraction of sp³-hybridized carbons (Fsp3) is 0.923. The van der Waals surface area contributed by atoms with Crippen molar-refractivity contribution in [2.24, 2.45) is 11.3 Å². The Kier molecular flexibility index (Phi) is 7.95. The number of carbonyl (C=O) groups is 1. The fourth-order valence-corrected chi connectivity index (χ4v) is 2.06.